The van der Waals surface area contributed by atoms with E-state index in [1.54, 1.807) is 0 Å². The Morgan fingerprint density at radius 1 is 0.609 bits per heavy atom. The average molecular weight is 300 g/mol. The molecule has 0 atom stereocenters. The fraction of sp³-hybridized carbons (Fsp3) is 0.304. The van der Waals surface area contributed by atoms with Crippen LogP contribution < -0.4 is 0 Å². The summed E-state index contributed by atoms with van der Waals surface area (Å²) in [5.74, 6) is 1.12. The Kier molecular flexibility index (Phi) is 3.13. The van der Waals surface area contributed by atoms with Crippen LogP contribution in [0.15, 0.2) is 60.7 Å². The van der Waals surface area contributed by atoms with Crippen LogP contribution >= 0.6 is 0 Å². The molecule has 0 nitrogen and oxygen atoms in total. The van der Waals surface area contributed by atoms with Gasteiger partial charge in [0.1, 0.15) is 0 Å². The fourth-order valence-electron chi connectivity index (χ4n) is 4.94. The first-order chi connectivity index (χ1) is 11.1. The number of benzene rings is 3. The molecule has 116 valence electrons. The molecule has 0 saturated carbocycles. The highest BCUT2D eigenvalue weighted by Gasteiger charge is 2.47. The summed E-state index contributed by atoms with van der Waals surface area (Å²) in [5, 5.41) is 2.69. The predicted octanol–water partition coefficient (Wildman–Crippen LogP) is 6.42. The first kappa shape index (κ1) is 14.5. The number of hydrogen-bond acceptors (Lipinski definition) is 0. The van der Waals surface area contributed by atoms with E-state index < -0.39 is 0 Å². The van der Waals surface area contributed by atoms with Crippen molar-refractivity contribution in [2.75, 3.05) is 0 Å². The monoisotopic (exact) mass is 300 g/mol. The molecule has 0 N–H and O–H groups in total. The lowest BCUT2D eigenvalue weighted by Crippen LogP contribution is -2.37. The molecule has 3 aromatic rings. The molecule has 1 aliphatic carbocycles. The van der Waals surface area contributed by atoms with E-state index in [4.69, 9.17) is 0 Å². The van der Waals surface area contributed by atoms with Gasteiger partial charge in [0.15, 0.2) is 0 Å². The van der Waals surface area contributed by atoms with Gasteiger partial charge in [-0.2, -0.15) is 0 Å². The second-order valence-electron chi connectivity index (χ2n) is 7.47. The molecule has 0 aromatic heterocycles. The quantitative estimate of drug-likeness (QED) is 0.512. The summed E-state index contributed by atoms with van der Waals surface area (Å²) < 4.78 is 0. The fourth-order valence-corrected chi connectivity index (χ4v) is 4.94. The number of hydrogen-bond donors (Lipinski definition) is 0. The maximum absolute atomic E-state index is 2.45. The van der Waals surface area contributed by atoms with Crippen molar-refractivity contribution in [3.8, 4) is 11.1 Å². The molecule has 23 heavy (non-hydrogen) atoms. The van der Waals surface area contributed by atoms with Gasteiger partial charge in [0.05, 0.1) is 0 Å². The summed E-state index contributed by atoms with van der Waals surface area (Å²) >= 11 is 0. The van der Waals surface area contributed by atoms with E-state index in [1.807, 2.05) is 0 Å². The number of fused-ring (bicyclic) bond motifs is 4. The van der Waals surface area contributed by atoms with Gasteiger partial charge in [-0.3, -0.25) is 0 Å². The van der Waals surface area contributed by atoms with Gasteiger partial charge in [0.25, 0.3) is 0 Å². The van der Waals surface area contributed by atoms with Crippen molar-refractivity contribution >= 4 is 10.8 Å². The van der Waals surface area contributed by atoms with E-state index in [0.717, 1.165) is 0 Å². The van der Waals surface area contributed by atoms with Gasteiger partial charge in [-0.15, -0.1) is 0 Å². The molecule has 0 heterocycles. The Labute approximate surface area is 139 Å². The molecule has 0 bridgehead atoms. The van der Waals surface area contributed by atoms with Gasteiger partial charge in [-0.25, -0.2) is 0 Å². The van der Waals surface area contributed by atoms with Crippen LogP contribution in [0.1, 0.15) is 38.8 Å². The Morgan fingerprint density at radius 2 is 1.17 bits per heavy atom. The highest BCUT2D eigenvalue weighted by Crippen LogP contribution is 2.56. The molecular formula is C23H24. The molecule has 3 aromatic carbocycles. The van der Waals surface area contributed by atoms with Crippen molar-refractivity contribution in [1.82, 2.24) is 0 Å². The topological polar surface area (TPSA) is 0 Å². The van der Waals surface area contributed by atoms with Crippen LogP contribution in [0.4, 0.5) is 0 Å². The molecular weight excluding hydrogens is 276 g/mol. The third kappa shape index (κ3) is 1.78. The summed E-state index contributed by atoms with van der Waals surface area (Å²) in [7, 11) is 0. The van der Waals surface area contributed by atoms with Crippen molar-refractivity contribution in [2.24, 2.45) is 11.8 Å². The second-order valence-corrected chi connectivity index (χ2v) is 7.47. The Hall–Kier alpha value is -2.08. The highest BCUT2D eigenvalue weighted by atomic mass is 14.5. The van der Waals surface area contributed by atoms with Gasteiger partial charge < -0.3 is 0 Å². The van der Waals surface area contributed by atoms with Gasteiger partial charge in [0, 0.05) is 5.41 Å². The SMILES string of the molecule is CC(C)C1(C(C)C)c2ccccc2-c2cc3ccccc3cc21. The minimum absolute atomic E-state index is 0.107. The van der Waals surface area contributed by atoms with Crippen LogP contribution in [0.2, 0.25) is 0 Å². The molecule has 0 fully saturated rings. The predicted molar refractivity (Wildman–Crippen MR) is 99.8 cm³/mol. The van der Waals surface area contributed by atoms with Crippen LogP contribution in [0, 0.1) is 11.8 Å². The lowest BCUT2D eigenvalue weighted by atomic mass is 9.63. The minimum Gasteiger partial charge on any atom is -0.0619 e. The molecule has 4 rings (SSSR count). The van der Waals surface area contributed by atoms with Crippen LogP contribution in [-0.2, 0) is 5.41 Å². The summed E-state index contributed by atoms with van der Waals surface area (Å²) in [5.41, 5.74) is 5.99. The normalized spacial score (nSPS) is 15.2. The third-order valence-electron chi connectivity index (χ3n) is 5.82. The maximum atomic E-state index is 2.45. The third-order valence-corrected chi connectivity index (χ3v) is 5.82. The van der Waals surface area contributed by atoms with Crippen LogP contribution in [0.3, 0.4) is 0 Å². The zero-order valence-corrected chi connectivity index (χ0v) is 14.4. The van der Waals surface area contributed by atoms with E-state index in [0.29, 0.717) is 11.8 Å². The number of rotatable bonds is 2. The molecule has 0 unspecified atom stereocenters. The van der Waals surface area contributed by atoms with Crippen LogP contribution in [-0.4, -0.2) is 0 Å². The molecule has 0 saturated heterocycles. The Morgan fingerprint density at radius 3 is 1.83 bits per heavy atom. The maximum Gasteiger partial charge on any atom is 0.0261 e. The lowest BCUT2D eigenvalue weighted by Gasteiger charge is -2.40. The van der Waals surface area contributed by atoms with Crippen LogP contribution in [0.5, 0.6) is 0 Å². The zero-order valence-electron chi connectivity index (χ0n) is 14.4. The summed E-state index contributed by atoms with van der Waals surface area (Å²) in [4.78, 5) is 0. The lowest BCUT2D eigenvalue weighted by molar-refractivity contribution is 0.280. The summed E-state index contributed by atoms with van der Waals surface area (Å²) in [6.45, 7) is 9.50. The van der Waals surface area contributed by atoms with Crippen molar-refractivity contribution in [2.45, 2.75) is 33.1 Å². The van der Waals surface area contributed by atoms with E-state index in [1.165, 1.54) is 33.0 Å². The molecule has 0 heteroatoms. The van der Waals surface area contributed by atoms with Gasteiger partial charge >= 0.3 is 0 Å². The first-order valence-electron chi connectivity index (χ1n) is 8.70. The second kappa shape index (κ2) is 4.96. The van der Waals surface area contributed by atoms with Crippen LogP contribution in [0.25, 0.3) is 21.9 Å². The highest BCUT2D eigenvalue weighted by molar-refractivity contribution is 5.93. The summed E-state index contributed by atoms with van der Waals surface area (Å²) in [6.07, 6.45) is 0. The minimum atomic E-state index is 0.107. The van der Waals surface area contributed by atoms with E-state index in [9.17, 15) is 0 Å². The largest absolute Gasteiger partial charge is 0.0619 e. The molecule has 0 aliphatic heterocycles. The Bertz CT molecular complexity index is 875. The van der Waals surface area contributed by atoms with Crippen molar-refractivity contribution in [3.63, 3.8) is 0 Å². The van der Waals surface area contributed by atoms with Gasteiger partial charge in [-0.05, 0) is 57.0 Å². The first-order valence-corrected chi connectivity index (χ1v) is 8.70. The van der Waals surface area contributed by atoms with Crippen molar-refractivity contribution < 1.29 is 0 Å². The summed E-state index contributed by atoms with van der Waals surface area (Å²) in [6, 6.07) is 22.6. The average Bonchev–Trinajstić information content (AvgIpc) is 2.83. The van der Waals surface area contributed by atoms with Crippen molar-refractivity contribution in [3.05, 3.63) is 71.8 Å². The Balaban J connectivity index is 2.17. The molecule has 0 amide bonds. The zero-order chi connectivity index (χ0) is 16.2. The smallest absolute Gasteiger partial charge is 0.0261 e. The molecule has 0 radical (unpaired) electrons. The standard InChI is InChI=1S/C23H24/c1-15(2)23(16(3)4)21-12-8-7-11-19(21)20-13-17-9-5-6-10-18(17)14-22(20)23/h5-16H,1-4H3. The van der Waals surface area contributed by atoms with Crippen molar-refractivity contribution in [1.29, 1.82) is 0 Å². The van der Waals surface area contributed by atoms with Gasteiger partial charge in [0.2, 0.25) is 0 Å². The van der Waals surface area contributed by atoms with E-state index >= 15 is 0 Å². The van der Waals surface area contributed by atoms with Gasteiger partial charge in [-0.1, -0.05) is 76.2 Å². The molecule has 0 spiro atoms. The molecule has 1 aliphatic rings. The van der Waals surface area contributed by atoms with E-state index in [2.05, 4.69) is 88.4 Å². The van der Waals surface area contributed by atoms with E-state index in [-0.39, 0.29) is 5.41 Å².